The Morgan fingerprint density at radius 1 is 1.11 bits per heavy atom. The molecule has 7 heteroatoms. The molecule has 1 aromatic carbocycles. The van der Waals surface area contributed by atoms with E-state index >= 15 is 0 Å². The molecule has 0 spiro atoms. The summed E-state index contributed by atoms with van der Waals surface area (Å²) in [6.07, 6.45) is 3.48. The summed E-state index contributed by atoms with van der Waals surface area (Å²) < 4.78 is 10.5. The lowest BCUT2D eigenvalue weighted by Crippen LogP contribution is -2.63. The molecular formula is C20H26N2O5. The molecule has 0 radical (unpaired) electrons. The smallest absolute Gasteiger partial charge is 0.327 e. The first-order valence-electron chi connectivity index (χ1n) is 9.39. The molecule has 2 fully saturated rings. The molecule has 1 aromatic rings. The van der Waals surface area contributed by atoms with Crippen LogP contribution in [0.5, 0.6) is 11.5 Å². The maximum Gasteiger partial charge on any atom is 0.327 e. The van der Waals surface area contributed by atoms with E-state index < -0.39 is 0 Å². The number of hydrogen-bond donors (Lipinski definition) is 0. The average Bonchev–Trinajstić information content (AvgIpc) is 2.70. The Morgan fingerprint density at radius 3 is 2.48 bits per heavy atom. The Labute approximate surface area is 159 Å². The fraction of sp³-hybridized carbons (Fsp3) is 0.550. The fourth-order valence-corrected chi connectivity index (χ4v) is 4.10. The van der Waals surface area contributed by atoms with Crippen LogP contribution in [0, 0.1) is 5.92 Å². The van der Waals surface area contributed by atoms with Crippen molar-refractivity contribution in [2.24, 2.45) is 5.92 Å². The van der Waals surface area contributed by atoms with Crippen LogP contribution in [0.4, 0.5) is 4.79 Å². The molecule has 3 rings (SSSR count). The van der Waals surface area contributed by atoms with Crippen LogP contribution in [0.25, 0.3) is 0 Å². The first-order valence-corrected chi connectivity index (χ1v) is 9.39. The fourth-order valence-electron chi connectivity index (χ4n) is 4.10. The van der Waals surface area contributed by atoms with Crippen LogP contribution in [0.1, 0.15) is 43.0 Å². The summed E-state index contributed by atoms with van der Waals surface area (Å²) in [4.78, 5) is 41.2. The highest BCUT2D eigenvalue weighted by Crippen LogP contribution is 2.35. The second-order valence-electron chi connectivity index (χ2n) is 6.94. The molecule has 1 saturated heterocycles. The maximum absolute atomic E-state index is 12.9. The molecular weight excluding hydrogens is 348 g/mol. The summed E-state index contributed by atoms with van der Waals surface area (Å²) in [5, 5.41) is 0. The van der Waals surface area contributed by atoms with Gasteiger partial charge in [0.1, 0.15) is 0 Å². The number of urea groups is 1. The van der Waals surface area contributed by atoms with Crippen molar-refractivity contribution in [1.82, 2.24) is 9.80 Å². The topological polar surface area (TPSA) is 76.2 Å². The van der Waals surface area contributed by atoms with Crippen molar-refractivity contribution in [3.05, 3.63) is 23.8 Å². The van der Waals surface area contributed by atoms with Gasteiger partial charge < -0.3 is 14.4 Å². The summed E-state index contributed by atoms with van der Waals surface area (Å²) in [7, 11) is 3.04. The lowest BCUT2D eigenvalue weighted by molar-refractivity contribution is -0.140. The van der Waals surface area contributed by atoms with Crippen molar-refractivity contribution in [1.29, 1.82) is 0 Å². The number of rotatable bonds is 6. The maximum atomic E-state index is 12.9. The molecule has 1 heterocycles. The van der Waals surface area contributed by atoms with Crippen molar-refractivity contribution in [3.8, 4) is 11.5 Å². The molecule has 0 aromatic heterocycles. The second-order valence-corrected chi connectivity index (χ2v) is 6.94. The molecule has 146 valence electrons. The zero-order chi connectivity index (χ0) is 19.6. The highest BCUT2D eigenvalue weighted by molar-refractivity contribution is 6.03. The van der Waals surface area contributed by atoms with Gasteiger partial charge in [0.25, 0.3) is 0 Å². The van der Waals surface area contributed by atoms with Crippen molar-refractivity contribution in [2.75, 3.05) is 27.3 Å². The van der Waals surface area contributed by atoms with Crippen molar-refractivity contribution in [3.63, 3.8) is 0 Å². The van der Waals surface area contributed by atoms with Gasteiger partial charge >= 0.3 is 6.03 Å². The first-order chi connectivity index (χ1) is 13.0. The predicted molar refractivity (Wildman–Crippen MR) is 99.1 cm³/mol. The number of carbonyl (C=O) groups is 3. The van der Waals surface area contributed by atoms with Gasteiger partial charge in [-0.05, 0) is 38.0 Å². The van der Waals surface area contributed by atoms with Gasteiger partial charge in [0.2, 0.25) is 5.91 Å². The van der Waals surface area contributed by atoms with E-state index in [0.29, 0.717) is 23.6 Å². The molecule has 3 amide bonds. The van der Waals surface area contributed by atoms with Crippen LogP contribution in [-0.4, -0.2) is 60.9 Å². The van der Waals surface area contributed by atoms with Gasteiger partial charge in [0, 0.05) is 18.2 Å². The van der Waals surface area contributed by atoms with Gasteiger partial charge in [-0.15, -0.1) is 0 Å². The Morgan fingerprint density at radius 2 is 1.81 bits per heavy atom. The van der Waals surface area contributed by atoms with Crippen LogP contribution in [0.15, 0.2) is 18.2 Å². The molecule has 7 nitrogen and oxygen atoms in total. The van der Waals surface area contributed by atoms with Gasteiger partial charge in [0.15, 0.2) is 17.3 Å². The van der Waals surface area contributed by atoms with Gasteiger partial charge in [-0.25, -0.2) is 4.79 Å². The van der Waals surface area contributed by atoms with Crippen molar-refractivity contribution >= 4 is 17.7 Å². The Kier molecular flexibility index (Phi) is 5.68. The Balaban J connectivity index is 1.85. The second kappa shape index (κ2) is 7.98. The number of amides is 3. The number of ether oxygens (including phenoxy) is 2. The number of carbonyl (C=O) groups excluding carboxylic acids is 3. The van der Waals surface area contributed by atoms with E-state index in [1.54, 1.807) is 30.0 Å². The van der Waals surface area contributed by atoms with Crippen LogP contribution in [0.3, 0.4) is 0 Å². The van der Waals surface area contributed by atoms with E-state index in [1.165, 1.54) is 19.1 Å². The average molecular weight is 374 g/mol. The molecule has 1 aliphatic carbocycles. The van der Waals surface area contributed by atoms with Gasteiger partial charge in [-0.3, -0.25) is 14.5 Å². The van der Waals surface area contributed by atoms with Crippen molar-refractivity contribution in [2.45, 2.75) is 38.6 Å². The highest BCUT2D eigenvalue weighted by Gasteiger charge is 2.46. The summed E-state index contributed by atoms with van der Waals surface area (Å²) in [6, 6.07) is 4.41. The summed E-state index contributed by atoms with van der Waals surface area (Å²) in [6.45, 7) is 2.06. The third kappa shape index (κ3) is 3.50. The SMILES string of the molecule is CCN1C(=O)C2CCCCC2N(CC(=O)c2ccc(OC)c(OC)c2)C1=O. The Bertz CT molecular complexity index is 748. The summed E-state index contributed by atoms with van der Waals surface area (Å²) >= 11 is 0. The minimum absolute atomic E-state index is 0.0424. The van der Waals surface area contributed by atoms with E-state index in [1.807, 2.05) is 0 Å². The van der Waals surface area contributed by atoms with E-state index in [4.69, 9.17) is 9.47 Å². The molecule has 2 unspecified atom stereocenters. The van der Waals surface area contributed by atoms with Gasteiger partial charge in [-0.1, -0.05) is 12.8 Å². The molecule has 2 aliphatic rings. The number of Topliss-reactive ketones (excluding diaryl/α,β-unsaturated/α-hetero) is 1. The summed E-state index contributed by atoms with van der Waals surface area (Å²) in [5.41, 5.74) is 0.452. The van der Waals surface area contributed by atoms with Crippen molar-refractivity contribution < 1.29 is 23.9 Å². The number of nitrogens with zero attached hydrogens (tertiary/aromatic N) is 2. The van der Waals surface area contributed by atoms with E-state index in [2.05, 4.69) is 0 Å². The minimum atomic E-state index is -0.362. The van der Waals surface area contributed by atoms with E-state index in [9.17, 15) is 14.4 Å². The highest BCUT2D eigenvalue weighted by atomic mass is 16.5. The van der Waals surface area contributed by atoms with Crippen LogP contribution in [-0.2, 0) is 4.79 Å². The standard InChI is InChI=1S/C20H26N2O5/c1-4-21-19(24)14-7-5-6-8-15(14)22(20(21)25)12-16(23)13-9-10-17(26-2)18(11-13)27-3/h9-11,14-15H,4-8,12H2,1-3H3. The predicted octanol–water partition coefficient (Wildman–Crippen LogP) is 2.73. The number of benzene rings is 1. The number of imide groups is 1. The van der Waals surface area contributed by atoms with Crippen LogP contribution in [0.2, 0.25) is 0 Å². The summed E-state index contributed by atoms with van der Waals surface area (Å²) in [5.74, 6) is 0.531. The lowest BCUT2D eigenvalue weighted by atomic mass is 9.81. The number of hydrogen-bond acceptors (Lipinski definition) is 5. The zero-order valence-corrected chi connectivity index (χ0v) is 16.1. The Hall–Kier alpha value is -2.57. The van der Waals surface area contributed by atoms with Gasteiger partial charge in [-0.2, -0.15) is 0 Å². The molecule has 27 heavy (non-hydrogen) atoms. The number of methoxy groups -OCH3 is 2. The molecule has 0 N–H and O–H groups in total. The first kappa shape index (κ1) is 19.2. The van der Waals surface area contributed by atoms with Gasteiger partial charge in [0.05, 0.1) is 26.7 Å². The lowest BCUT2D eigenvalue weighted by Gasteiger charge is -2.46. The van der Waals surface area contributed by atoms with Crippen LogP contribution < -0.4 is 9.47 Å². The van der Waals surface area contributed by atoms with E-state index in [-0.39, 0.29) is 36.2 Å². The number of ketones is 1. The zero-order valence-electron chi connectivity index (χ0n) is 16.1. The quantitative estimate of drug-likeness (QED) is 0.716. The molecule has 1 aliphatic heterocycles. The van der Waals surface area contributed by atoms with E-state index in [0.717, 1.165) is 25.7 Å². The monoisotopic (exact) mass is 374 g/mol. The minimum Gasteiger partial charge on any atom is -0.493 e. The molecule has 2 atom stereocenters. The normalized spacial score (nSPS) is 22.5. The molecule has 0 bridgehead atoms. The van der Waals surface area contributed by atoms with Crippen LogP contribution >= 0.6 is 0 Å². The largest absolute Gasteiger partial charge is 0.493 e. The third-order valence-electron chi connectivity index (χ3n) is 5.53. The third-order valence-corrected chi connectivity index (χ3v) is 5.53. The number of fused-ring (bicyclic) bond motifs is 1. The molecule has 1 saturated carbocycles.